The molecule has 0 radical (unpaired) electrons. The number of carboxylic acids is 1. The van der Waals surface area contributed by atoms with Crippen LogP contribution in [0.2, 0.25) is 0 Å². The lowest BCUT2D eigenvalue weighted by Gasteiger charge is -2.04. The summed E-state index contributed by atoms with van der Waals surface area (Å²) in [5.41, 5.74) is 5.78. The van der Waals surface area contributed by atoms with Gasteiger partial charge in [-0.2, -0.15) is 5.10 Å². The predicted octanol–water partition coefficient (Wildman–Crippen LogP) is 4.54. The number of nitrogens with one attached hydrogen (secondary N) is 1. The quantitative estimate of drug-likeness (QED) is 0.280. The first-order valence-electron chi connectivity index (χ1n) is 10.6. The molecule has 0 spiro atoms. The Kier molecular flexibility index (Phi) is 5.53. The van der Waals surface area contributed by atoms with Gasteiger partial charge in [-0.3, -0.25) is 4.79 Å². The summed E-state index contributed by atoms with van der Waals surface area (Å²) in [6, 6.07) is 22.0. The fraction of sp³-hybridized carbons (Fsp3) is 0.0385. The van der Waals surface area contributed by atoms with Gasteiger partial charge >= 0.3 is 5.97 Å². The number of aromatic carboxylic acids is 1. The number of carbonyl (C=O) groups is 2. The number of rotatable bonds is 7. The van der Waals surface area contributed by atoms with E-state index in [1.54, 1.807) is 24.4 Å². The standard InChI is InChI=1S/C26H20N4O4/c31-25(18-7-9-20(10-8-18)29-13-3-4-14-29)28-27-15-19-16-30(23-6-2-1-5-22(19)23)17-21-11-12-24(34-21)26(32)33/h1-16H,17H2,(H,28,31)(H,32,33)/b27-15+. The van der Waals surface area contributed by atoms with Crippen LogP contribution in [-0.2, 0) is 6.54 Å². The zero-order valence-electron chi connectivity index (χ0n) is 18.0. The summed E-state index contributed by atoms with van der Waals surface area (Å²) in [5, 5.41) is 14.2. The van der Waals surface area contributed by atoms with Gasteiger partial charge in [0.05, 0.1) is 12.8 Å². The minimum atomic E-state index is -1.11. The number of benzene rings is 2. The van der Waals surface area contributed by atoms with E-state index in [2.05, 4.69) is 10.5 Å². The van der Waals surface area contributed by atoms with Crippen LogP contribution in [0.4, 0.5) is 0 Å². The smallest absolute Gasteiger partial charge is 0.371 e. The Hall–Kier alpha value is -4.85. The third-order valence-electron chi connectivity index (χ3n) is 5.42. The zero-order valence-corrected chi connectivity index (χ0v) is 18.0. The molecule has 0 fully saturated rings. The van der Waals surface area contributed by atoms with Crippen LogP contribution >= 0.6 is 0 Å². The van der Waals surface area contributed by atoms with E-state index < -0.39 is 5.97 Å². The Bertz CT molecular complexity index is 1490. The van der Waals surface area contributed by atoms with Gasteiger partial charge in [0.25, 0.3) is 5.91 Å². The summed E-state index contributed by atoms with van der Waals surface area (Å²) in [5.74, 6) is -0.988. The Balaban J connectivity index is 1.31. The molecule has 2 aromatic carbocycles. The van der Waals surface area contributed by atoms with Crippen LogP contribution in [0, 0.1) is 0 Å². The summed E-state index contributed by atoms with van der Waals surface area (Å²) < 4.78 is 9.29. The van der Waals surface area contributed by atoms with E-state index in [0.717, 1.165) is 22.2 Å². The molecule has 0 aliphatic heterocycles. The van der Waals surface area contributed by atoms with Gasteiger partial charge in [-0.15, -0.1) is 0 Å². The number of nitrogens with zero attached hydrogens (tertiary/aromatic N) is 3. The van der Waals surface area contributed by atoms with Crippen molar-refractivity contribution in [1.29, 1.82) is 0 Å². The third-order valence-corrected chi connectivity index (χ3v) is 5.42. The van der Waals surface area contributed by atoms with Crippen molar-refractivity contribution in [2.75, 3.05) is 0 Å². The van der Waals surface area contributed by atoms with Crippen LogP contribution in [0.3, 0.4) is 0 Å². The number of amides is 1. The molecule has 0 saturated heterocycles. The molecule has 0 atom stereocenters. The maximum absolute atomic E-state index is 12.5. The molecule has 0 aliphatic carbocycles. The van der Waals surface area contributed by atoms with Crippen LogP contribution in [0.5, 0.6) is 0 Å². The highest BCUT2D eigenvalue weighted by Crippen LogP contribution is 2.22. The van der Waals surface area contributed by atoms with Gasteiger partial charge in [-0.1, -0.05) is 18.2 Å². The maximum atomic E-state index is 12.5. The van der Waals surface area contributed by atoms with Gasteiger partial charge < -0.3 is 18.7 Å². The van der Waals surface area contributed by atoms with Gasteiger partial charge in [0.2, 0.25) is 5.76 Å². The topological polar surface area (TPSA) is 102 Å². The van der Waals surface area contributed by atoms with Gasteiger partial charge in [0, 0.05) is 46.3 Å². The highest BCUT2D eigenvalue weighted by Gasteiger charge is 2.12. The molecule has 5 aromatic rings. The predicted molar refractivity (Wildman–Crippen MR) is 128 cm³/mol. The van der Waals surface area contributed by atoms with Crippen molar-refractivity contribution in [2.45, 2.75) is 6.54 Å². The minimum absolute atomic E-state index is 0.0997. The fourth-order valence-electron chi connectivity index (χ4n) is 3.77. The number of para-hydroxylation sites is 1. The fourth-order valence-corrected chi connectivity index (χ4v) is 3.77. The average Bonchev–Trinajstić information content (AvgIpc) is 3.61. The van der Waals surface area contributed by atoms with Gasteiger partial charge in [-0.05, 0) is 54.6 Å². The summed E-state index contributed by atoms with van der Waals surface area (Å²) in [4.78, 5) is 23.6. The molecule has 0 aliphatic rings. The molecule has 0 saturated carbocycles. The van der Waals surface area contributed by atoms with E-state index in [1.165, 1.54) is 6.07 Å². The molecular formula is C26H20N4O4. The van der Waals surface area contributed by atoms with Crippen LogP contribution in [-0.4, -0.2) is 32.3 Å². The van der Waals surface area contributed by atoms with Crippen LogP contribution in [0.15, 0.2) is 101 Å². The van der Waals surface area contributed by atoms with Crippen molar-refractivity contribution in [1.82, 2.24) is 14.6 Å². The highest BCUT2D eigenvalue weighted by atomic mass is 16.4. The van der Waals surface area contributed by atoms with E-state index >= 15 is 0 Å². The van der Waals surface area contributed by atoms with Gasteiger partial charge in [-0.25, -0.2) is 10.2 Å². The largest absolute Gasteiger partial charge is 0.475 e. The first kappa shape index (κ1) is 21.0. The van der Waals surface area contributed by atoms with Crippen LogP contribution in [0.25, 0.3) is 16.6 Å². The molecular weight excluding hydrogens is 432 g/mol. The monoisotopic (exact) mass is 452 g/mol. The molecule has 5 rings (SSSR count). The third kappa shape index (κ3) is 4.24. The number of carbonyl (C=O) groups excluding carboxylic acids is 1. The lowest BCUT2D eigenvalue weighted by atomic mass is 10.2. The molecule has 3 heterocycles. The van der Waals surface area contributed by atoms with E-state index in [4.69, 9.17) is 9.52 Å². The molecule has 1 amide bonds. The second-order valence-corrected chi connectivity index (χ2v) is 7.64. The molecule has 0 unspecified atom stereocenters. The van der Waals surface area contributed by atoms with E-state index in [-0.39, 0.29) is 11.7 Å². The van der Waals surface area contributed by atoms with Gasteiger partial charge in [0.15, 0.2) is 0 Å². The molecule has 8 nitrogen and oxygen atoms in total. The van der Waals surface area contributed by atoms with E-state index in [9.17, 15) is 9.59 Å². The van der Waals surface area contributed by atoms with E-state index in [1.807, 2.05) is 76.3 Å². The minimum Gasteiger partial charge on any atom is -0.475 e. The number of aromatic nitrogens is 2. The molecule has 0 bridgehead atoms. The summed E-state index contributed by atoms with van der Waals surface area (Å²) in [6.45, 7) is 0.363. The van der Waals surface area contributed by atoms with Crippen molar-refractivity contribution < 1.29 is 19.1 Å². The lowest BCUT2D eigenvalue weighted by molar-refractivity contribution is 0.0660. The zero-order chi connectivity index (χ0) is 23.5. The molecule has 168 valence electrons. The first-order valence-corrected chi connectivity index (χ1v) is 10.6. The van der Waals surface area contributed by atoms with Crippen molar-refractivity contribution in [3.63, 3.8) is 0 Å². The second kappa shape index (κ2) is 8.95. The molecule has 3 aromatic heterocycles. The second-order valence-electron chi connectivity index (χ2n) is 7.64. The lowest BCUT2D eigenvalue weighted by Crippen LogP contribution is -2.17. The molecule has 2 N–H and O–H groups in total. The summed E-state index contributed by atoms with van der Waals surface area (Å²) in [6.07, 6.45) is 7.35. The van der Waals surface area contributed by atoms with Crippen LogP contribution < -0.4 is 5.43 Å². The van der Waals surface area contributed by atoms with Crippen molar-refractivity contribution in [3.05, 3.63) is 114 Å². The summed E-state index contributed by atoms with van der Waals surface area (Å²) >= 11 is 0. The Morgan fingerprint density at radius 3 is 2.47 bits per heavy atom. The Morgan fingerprint density at radius 1 is 0.971 bits per heavy atom. The van der Waals surface area contributed by atoms with Crippen molar-refractivity contribution >= 4 is 29.0 Å². The number of hydrogen-bond acceptors (Lipinski definition) is 4. The summed E-state index contributed by atoms with van der Waals surface area (Å²) in [7, 11) is 0. The van der Waals surface area contributed by atoms with Crippen LogP contribution in [0.1, 0.15) is 32.2 Å². The van der Waals surface area contributed by atoms with Gasteiger partial charge in [0.1, 0.15) is 5.76 Å². The first-order chi connectivity index (χ1) is 16.6. The molecule has 8 heteroatoms. The number of fused-ring (bicyclic) bond motifs is 1. The Morgan fingerprint density at radius 2 is 1.74 bits per heavy atom. The normalized spacial score (nSPS) is 11.3. The average molecular weight is 452 g/mol. The SMILES string of the molecule is O=C(N/N=C/c1cn(Cc2ccc(C(=O)O)o2)c2ccccc12)c1ccc(-n2cccc2)cc1. The van der Waals surface area contributed by atoms with Crippen molar-refractivity contribution in [3.8, 4) is 5.69 Å². The Labute approximate surface area is 194 Å². The maximum Gasteiger partial charge on any atom is 0.371 e. The molecule has 34 heavy (non-hydrogen) atoms. The number of furan rings is 1. The van der Waals surface area contributed by atoms with Crippen molar-refractivity contribution in [2.24, 2.45) is 5.10 Å². The number of hydrazone groups is 1. The number of carboxylic acid groups (broad SMARTS) is 1. The van der Waals surface area contributed by atoms with E-state index in [0.29, 0.717) is 17.9 Å². The number of hydrogen-bond donors (Lipinski definition) is 2. The highest BCUT2D eigenvalue weighted by molar-refractivity contribution is 6.00.